The van der Waals surface area contributed by atoms with E-state index in [0.717, 1.165) is 0 Å². The predicted octanol–water partition coefficient (Wildman–Crippen LogP) is 3.39. The summed E-state index contributed by atoms with van der Waals surface area (Å²) in [6.07, 6.45) is 0.691. The molecule has 2 aromatic rings. The lowest BCUT2D eigenvalue weighted by Crippen LogP contribution is -1.97. The molecule has 86 valence electrons. The molecular weight excluding hydrogens is 212 g/mol. The van der Waals surface area contributed by atoms with Crippen molar-refractivity contribution in [2.75, 3.05) is 0 Å². The van der Waals surface area contributed by atoms with Gasteiger partial charge >= 0.3 is 0 Å². The number of ketones is 1. The van der Waals surface area contributed by atoms with Gasteiger partial charge < -0.3 is 0 Å². The highest BCUT2D eigenvalue weighted by molar-refractivity contribution is 6.01. The van der Waals surface area contributed by atoms with Gasteiger partial charge in [-0.05, 0) is 6.92 Å². The molecular formula is C15H14O2. The summed E-state index contributed by atoms with van der Waals surface area (Å²) < 4.78 is 0. The Hall–Kier alpha value is -2.22. The Morgan fingerprint density at radius 1 is 0.882 bits per heavy atom. The second kappa shape index (κ2) is 7.12. The lowest BCUT2D eigenvalue weighted by molar-refractivity contribution is 0.101. The average Bonchev–Trinajstić information content (AvgIpc) is 2.41. The summed E-state index contributed by atoms with van der Waals surface area (Å²) in [5, 5.41) is 0. The molecule has 2 heteroatoms. The van der Waals surface area contributed by atoms with Crippen LogP contribution in [0.25, 0.3) is 0 Å². The van der Waals surface area contributed by atoms with E-state index in [-0.39, 0.29) is 5.78 Å². The molecule has 0 atom stereocenters. The first-order valence-electron chi connectivity index (χ1n) is 5.31. The molecule has 0 N–H and O–H groups in total. The minimum atomic E-state index is -0.0762. The van der Waals surface area contributed by atoms with E-state index in [1.165, 1.54) is 6.92 Å². The molecule has 0 amide bonds. The molecule has 0 aromatic heterocycles. The summed E-state index contributed by atoms with van der Waals surface area (Å²) >= 11 is 0. The highest BCUT2D eigenvalue weighted by Gasteiger charge is 2.03. The van der Waals surface area contributed by atoms with Gasteiger partial charge in [-0.15, -0.1) is 0 Å². The first kappa shape index (κ1) is 12.8. The second-order valence-corrected chi connectivity index (χ2v) is 3.42. The summed E-state index contributed by atoms with van der Waals surface area (Å²) in [6, 6.07) is 18.7. The van der Waals surface area contributed by atoms with E-state index in [4.69, 9.17) is 0 Å². The molecule has 0 saturated carbocycles. The molecule has 0 saturated heterocycles. The van der Waals surface area contributed by atoms with Crippen LogP contribution in [0.4, 0.5) is 0 Å². The van der Waals surface area contributed by atoms with Crippen LogP contribution in [-0.4, -0.2) is 12.1 Å². The van der Waals surface area contributed by atoms with Crippen molar-refractivity contribution in [3.8, 4) is 0 Å². The van der Waals surface area contributed by atoms with Crippen molar-refractivity contribution in [2.24, 2.45) is 0 Å². The van der Waals surface area contributed by atoms with Crippen LogP contribution in [0.2, 0.25) is 0 Å². The third kappa shape index (κ3) is 4.43. The van der Waals surface area contributed by atoms with Gasteiger partial charge in [0, 0.05) is 11.1 Å². The second-order valence-electron chi connectivity index (χ2n) is 3.42. The van der Waals surface area contributed by atoms with Gasteiger partial charge in [-0.2, -0.15) is 0 Å². The van der Waals surface area contributed by atoms with Gasteiger partial charge in [-0.1, -0.05) is 60.7 Å². The number of hydrogen-bond acceptors (Lipinski definition) is 2. The van der Waals surface area contributed by atoms with E-state index < -0.39 is 0 Å². The van der Waals surface area contributed by atoms with Crippen molar-refractivity contribution < 1.29 is 9.59 Å². The van der Waals surface area contributed by atoms with Gasteiger partial charge in [0.2, 0.25) is 0 Å². The van der Waals surface area contributed by atoms with Crippen LogP contribution in [0.3, 0.4) is 0 Å². The topological polar surface area (TPSA) is 34.1 Å². The Morgan fingerprint density at radius 3 is 1.71 bits per heavy atom. The van der Waals surface area contributed by atoms with Crippen LogP contribution < -0.4 is 0 Å². The lowest BCUT2D eigenvalue weighted by atomic mass is 10.1. The van der Waals surface area contributed by atoms with Gasteiger partial charge in [0.1, 0.15) is 0 Å². The molecule has 0 fully saturated rings. The fourth-order valence-corrected chi connectivity index (χ4v) is 1.31. The Labute approximate surface area is 101 Å². The predicted molar refractivity (Wildman–Crippen MR) is 68.3 cm³/mol. The number of carbonyl (C=O) groups is 2. The SMILES string of the molecule is CC(=O)c1ccccc1C=O.c1ccccc1. The summed E-state index contributed by atoms with van der Waals surface area (Å²) in [4.78, 5) is 21.2. The number of Topliss-reactive ketones (excluding diaryl/α,β-unsaturated/α-hetero) is 1. The van der Waals surface area contributed by atoms with Crippen LogP contribution in [0.1, 0.15) is 27.6 Å². The van der Waals surface area contributed by atoms with Gasteiger partial charge in [0.25, 0.3) is 0 Å². The zero-order chi connectivity index (χ0) is 12.5. The molecule has 0 aliphatic carbocycles. The quantitative estimate of drug-likeness (QED) is 0.581. The van der Waals surface area contributed by atoms with E-state index >= 15 is 0 Å². The molecule has 2 rings (SSSR count). The van der Waals surface area contributed by atoms with Gasteiger partial charge in [-0.3, -0.25) is 9.59 Å². The third-order valence-corrected chi connectivity index (χ3v) is 2.13. The van der Waals surface area contributed by atoms with Crippen LogP contribution >= 0.6 is 0 Å². The Kier molecular flexibility index (Phi) is 5.38. The minimum Gasteiger partial charge on any atom is -0.298 e. The fourth-order valence-electron chi connectivity index (χ4n) is 1.31. The number of hydrogen-bond donors (Lipinski definition) is 0. The zero-order valence-corrected chi connectivity index (χ0v) is 9.67. The maximum Gasteiger partial charge on any atom is 0.160 e. The van der Waals surface area contributed by atoms with Crippen LogP contribution in [-0.2, 0) is 0 Å². The lowest BCUT2D eigenvalue weighted by Gasteiger charge is -1.96. The largest absolute Gasteiger partial charge is 0.298 e. The number of aldehydes is 1. The van der Waals surface area contributed by atoms with Gasteiger partial charge in [-0.25, -0.2) is 0 Å². The number of carbonyl (C=O) groups excluding carboxylic acids is 2. The molecule has 0 heterocycles. The standard InChI is InChI=1S/C9H8O2.C6H6/c1-7(11)9-5-3-2-4-8(9)6-10;1-2-4-6-5-3-1/h2-6H,1H3;1-6H. The number of benzene rings is 2. The highest BCUT2D eigenvalue weighted by Crippen LogP contribution is 2.05. The molecule has 0 radical (unpaired) electrons. The molecule has 17 heavy (non-hydrogen) atoms. The van der Waals surface area contributed by atoms with Crippen LogP contribution in [0.15, 0.2) is 60.7 Å². The van der Waals surface area contributed by atoms with Crippen molar-refractivity contribution in [2.45, 2.75) is 6.92 Å². The van der Waals surface area contributed by atoms with E-state index in [1.54, 1.807) is 24.3 Å². The van der Waals surface area contributed by atoms with Crippen molar-refractivity contribution in [1.82, 2.24) is 0 Å². The average molecular weight is 226 g/mol. The van der Waals surface area contributed by atoms with E-state index in [0.29, 0.717) is 17.4 Å². The Balaban J connectivity index is 0.000000202. The highest BCUT2D eigenvalue weighted by atomic mass is 16.1. The summed E-state index contributed by atoms with van der Waals surface area (Å²) in [5.41, 5.74) is 0.947. The van der Waals surface area contributed by atoms with E-state index in [9.17, 15) is 9.59 Å². The molecule has 2 nitrogen and oxygen atoms in total. The molecule has 2 aromatic carbocycles. The summed E-state index contributed by atoms with van der Waals surface area (Å²) in [6.45, 7) is 1.45. The Morgan fingerprint density at radius 2 is 1.35 bits per heavy atom. The van der Waals surface area contributed by atoms with Crippen molar-refractivity contribution in [1.29, 1.82) is 0 Å². The van der Waals surface area contributed by atoms with E-state index in [1.807, 2.05) is 36.4 Å². The molecule has 0 aliphatic rings. The van der Waals surface area contributed by atoms with Crippen molar-refractivity contribution in [3.63, 3.8) is 0 Å². The fraction of sp³-hybridized carbons (Fsp3) is 0.0667. The first-order valence-corrected chi connectivity index (χ1v) is 5.31. The van der Waals surface area contributed by atoms with Crippen LogP contribution in [0.5, 0.6) is 0 Å². The zero-order valence-electron chi connectivity index (χ0n) is 9.67. The summed E-state index contributed by atoms with van der Waals surface area (Å²) in [5.74, 6) is -0.0762. The number of rotatable bonds is 2. The maximum absolute atomic E-state index is 10.9. The molecule has 0 spiro atoms. The van der Waals surface area contributed by atoms with Gasteiger partial charge in [0.15, 0.2) is 12.1 Å². The molecule has 0 unspecified atom stereocenters. The van der Waals surface area contributed by atoms with Crippen LogP contribution in [0, 0.1) is 0 Å². The van der Waals surface area contributed by atoms with Crippen molar-refractivity contribution in [3.05, 3.63) is 71.8 Å². The van der Waals surface area contributed by atoms with Crippen molar-refractivity contribution >= 4 is 12.1 Å². The maximum atomic E-state index is 10.9. The third-order valence-electron chi connectivity index (χ3n) is 2.13. The minimum absolute atomic E-state index is 0.0762. The molecule has 0 bridgehead atoms. The van der Waals surface area contributed by atoms with Gasteiger partial charge in [0.05, 0.1) is 0 Å². The Bertz CT molecular complexity index is 449. The normalized spacial score (nSPS) is 8.76. The summed E-state index contributed by atoms with van der Waals surface area (Å²) in [7, 11) is 0. The monoisotopic (exact) mass is 226 g/mol. The molecule has 0 aliphatic heterocycles. The van der Waals surface area contributed by atoms with E-state index in [2.05, 4.69) is 0 Å². The first-order chi connectivity index (χ1) is 8.25. The smallest absolute Gasteiger partial charge is 0.160 e.